The summed E-state index contributed by atoms with van der Waals surface area (Å²) in [5.41, 5.74) is 3.45. The van der Waals surface area contributed by atoms with Crippen molar-refractivity contribution in [3.8, 4) is 17.3 Å². The van der Waals surface area contributed by atoms with Crippen LogP contribution in [0.4, 0.5) is 10.7 Å². The van der Waals surface area contributed by atoms with E-state index in [0.717, 1.165) is 0 Å². The van der Waals surface area contributed by atoms with Gasteiger partial charge in [-0.1, -0.05) is 42.5 Å². The smallest absolute Gasteiger partial charge is 0.290 e. The number of H-pyrrole nitrogens is 1. The molecular formula is C19H11N7O2. The Balaban J connectivity index is 1.68. The molecule has 2 amide bonds. The van der Waals surface area contributed by atoms with Crippen molar-refractivity contribution in [2.75, 3.05) is 5.43 Å². The summed E-state index contributed by atoms with van der Waals surface area (Å²) in [7, 11) is 0. The van der Waals surface area contributed by atoms with Gasteiger partial charge in [0, 0.05) is 11.1 Å². The number of hydrazone groups is 1. The van der Waals surface area contributed by atoms with Gasteiger partial charge in [0.05, 0.1) is 17.3 Å². The first-order valence-corrected chi connectivity index (χ1v) is 8.15. The highest BCUT2D eigenvalue weighted by molar-refractivity contribution is 5.83. The van der Waals surface area contributed by atoms with Crippen LogP contribution in [0.25, 0.3) is 11.3 Å². The average Bonchev–Trinajstić information content (AvgIpc) is 3.09. The number of hydrogen-bond acceptors (Lipinski definition) is 6. The fourth-order valence-corrected chi connectivity index (χ4v) is 2.69. The van der Waals surface area contributed by atoms with Crippen LogP contribution in [0.5, 0.6) is 0 Å². The Morgan fingerprint density at radius 3 is 2.68 bits per heavy atom. The molecule has 0 unspecified atom stereocenters. The van der Waals surface area contributed by atoms with Gasteiger partial charge >= 0.3 is 6.03 Å². The van der Waals surface area contributed by atoms with E-state index in [9.17, 15) is 14.9 Å². The van der Waals surface area contributed by atoms with Gasteiger partial charge in [-0.25, -0.2) is 15.2 Å². The van der Waals surface area contributed by atoms with Crippen molar-refractivity contribution in [3.05, 3.63) is 80.7 Å². The largest absolute Gasteiger partial charge is 0.368 e. The second-order valence-corrected chi connectivity index (χ2v) is 5.71. The van der Waals surface area contributed by atoms with E-state index < -0.39 is 11.6 Å². The maximum Gasteiger partial charge on any atom is 0.368 e. The minimum atomic E-state index is -0.575. The SMILES string of the molecule is N#Cc1c(-c2ccccc2)nc(NN=Cc2cccc3c2=NC(=O)N=3)[nH]c1=O. The predicted molar refractivity (Wildman–Crippen MR) is 100 cm³/mol. The Kier molecular flexibility index (Phi) is 4.28. The highest BCUT2D eigenvalue weighted by Gasteiger charge is 2.13. The van der Waals surface area contributed by atoms with Crippen LogP contribution in [-0.4, -0.2) is 22.2 Å². The van der Waals surface area contributed by atoms with E-state index in [-0.39, 0.29) is 17.2 Å². The third-order valence-corrected chi connectivity index (χ3v) is 3.92. The number of para-hydroxylation sites is 1. The number of benzene rings is 2. The number of rotatable bonds is 4. The number of carbonyl (C=O) groups excluding carboxylic acids is 1. The Bertz CT molecular complexity index is 1340. The van der Waals surface area contributed by atoms with Gasteiger partial charge in [0.2, 0.25) is 5.95 Å². The fraction of sp³-hybridized carbons (Fsp3) is 0. The number of urea groups is 1. The van der Waals surface area contributed by atoms with E-state index in [4.69, 9.17) is 0 Å². The van der Waals surface area contributed by atoms with E-state index in [1.165, 1.54) is 6.21 Å². The van der Waals surface area contributed by atoms with Crippen LogP contribution < -0.4 is 21.7 Å². The van der Waals surface area contributed by atoms with E-state index in [1.807, 2.05) is 12.1 Å². The molecule has 0 saturated heterocycles. The van der Waals surface area contributed by atoms with Gasteiger partial charge in [-0.2, -0.15) is 20.3 Å². The summed E-state index contributed by atoms with van der Waals surface area (Å²) in [4.78, 5) is 37.9. The van der Waals surface area contributed by atoms with Gasteiger partial charge in [0.1, 0.15) is 17.0 Å². The second-order valence-electron chi connectivity index (χ2n) is 5.71. The van der Waals surface area contributed by atoms with Crippen LogP contribution in [0.3, 0.4) is 0 Å². The zero-order valence-electron chi connectivity index (χ0n) is 14.2. The van der Waals surface area contributed by atoms with E-state index in [2.05, 4.69) is 30.5 Å². The van der Waals surface area contributed by atoms with Crippen LogP contribution in [0, 0.1) is 11.3 Å². The molecule has 9 nitrogen and oxygen atoms in total. The molecule has 0 atom stereocenters. The lowest BCUT2D eigenvalue weighted by atomic mass is 10.1. The van der Waals surface area contributed by atoms with Gasteiger partial charge in [-0.15, -0.1) is 0 Å². The van der Waals surface area contributed by atoms with E-state index >= 15 is 0 Å². The third kappa shape index (κ3) is 3.17. The lowest BCUT2D eigenvalue weighted by Gasteiger charge is -2.05. The minimum Gasteiger partial charge on any atom is -0.290 e. The Morgan fingerprint density at radius 1 is 1.07 bits per heavy atom. The lowest BCUT2D eigenvalue weighted by molar-refractivity contribution is 0.256. The maximum atomic E-state index is 12.2. The fourth-order valence-electron chi connectivity index (χ4n) is 2.69. The molecular weight excluding hydrogens is 358 g/mol. The Hall–Kier alpha value is -4.45. The maximum absolute atomic E-state index is 12.2. The topological polar surface area (TPSA) is 136 Å². The predicted octanol–water partition coefficient (Wildman–Crippen LogP) is 1.13. The summed E-state index contributed by atoms with van der Waals surface area (Å²) in [6.07, 6.45) is 1.44. The van der Waals surface area contributed by atoms with Crippen molar-refractivity contribution >= 4 is 18.2 Å². The summed E-state index contributed by atoms with van der Waals surface area (Å²) >= 11 is 0. The molecule has 28 heavy (non-hydrogen) atoms. The van der Waals surface area contributed by atoms with E-state index in [1.54, 1.807) is 42.5 Å². The molecule has 2 N–H and O–H groups in total. The first-order chi connectivity index (χ1) is 13.7. The normalized spacial score (nSPS) is 12.2. The van der Waals surface area contributed by atoms with Crippen LogP contribution in [0.1, 0.15) is 11.1 Å². The minimum absolute atomic E-state index is 0.0735. The summed E-state index contributed by atoms with van der Waals surface area (Å²) in [5, 5.41) is 14.2. The Morgan fingerprint density at radius 2 is 1.89 bits per heavy atom. The molecule has 0 fully saturated rings. The van der Waals surface area contributed by atoms with Gasteiger partial charge in [0.25, 0.3) is 5.56 Å². The number of aromatic nitrogens is 2. The van der Waals surface area contributed by atoms with Crippen molar-refractivity contribution in [1.82, 2.24) is 9.97 Å². The number of fused-ring (bicyclic) bond motifs is 1. The number of amides is 2. The van der Waals surface area contributed by atoms with Crippen molar-refractivity contribution in [2.45, 2.75) is 0 Å². The van der Waals surface area contributed by atoms with Crippen LogP contribution in [0.15, 0.2) is 68.4 Å². The molecule has 0 bridgehead atoms. The Labute approximate surface area is 157 Å². The van der Waals surface area contributed by atoms with Crippen molar-refractivity contribution < 1.29 is 4.79 Å². The molecule has 1 aliphatic rings. The van der Waals surface area contributed by atoms with Gasteiger partial charge < -0.3 is 0 Å². The molecule has 3 aromatic rings. The number of carbonyl (C=O) groups is 1. The van der Waals surface area contributed by atoms with Crippen LogP contribution in [-0.2, 0) is 0 Å². The standard InChI is InChI=1S/C19H11N7O2/c20-9-13-15(11-5-2-1-3-6-11)23-18(25-17(13)27)26-21-10-12-7-4-8-14-16(12)24-19(28)22-14/h1-8,10H,(H2,23,25,26,27). The summed E-state index contributed by atoms with van der Waals surface area (Å²) in [6.45, 7) is 0. The zero-order chi connectivity index (χ0) is 19.5. The molecule has 2 aromatic carbocycles. The molecule has 0 saturated carbocycles. The van der Waals surface area contributed by atoms with E-state index in [0.29, 0.717) is 21.8 Å². The molecule has 2 heterocycles. The summed E-state index contributed by atoms with van der Waals surface area (Å²) < 4.78 is 0. The van der Waals surface area contributed by atoms with Crippen LogP contribution in [0.2, 0.25) is 0 Å². The lowest BCUT2D eigenvalue weighted by Crippen LogP contribution is -2.25. The van der Waals surface area contributed by atoms with Gasteiger partial charge in [-0.3, -0.25) is 9.78 Å². The molecule has 4 rings (SSSR count). The first-order valence-electron chi connectivity index (χ1n) is 8.15. The number of nitriles is 1. The quantitative estimate of drug-likeness (QED) is 0.525. The zero-order valence-corrected chi connectivity index (χ0v) is 14.2. The summed E-state index contributed by atoms with van der Waals surface area (Å²) in [5.74, 6) is 0.0735. The van der Waals surface area contributed by atoms with Crippen molar-refractivity contribution in [2.24, 2.45) is 15.1 Å². The second kappa shape index (κ2) is 7.05. The monoisotopic (exact) mass is 369 g/mol. The number of aromatic amines is 1. The molecule has 0 aliphatic carbocycles. The highest BCUT2D eigenvalue weighted by Crippen LogP contribution is 2.19. The molecule has 1 aliphatic heterocycles. The van der Waals surface area contributed by atoms with Crippen molar-refractivity contribution in [3.63, 3.8) is 0 Å². The number of anilines is 1. The molecule has 0 spiro atoms. The average molecular weight is 369 g/mol. The summed E-state index contributed by atoms with van der Waals surface area (Å²) in [6, 6.07) is 15.4. The van der Waals surface area contributed by atoms with Crippen LogP contribution >= 0.6 is 0 Å². The number of hydrogen-bond donors (Lipinski definition) is 2. The first kappa shape index (κ1) is 17.0. The highest BCUT2D eigenvalue weighted by atomic mass is 16.2. The molecule has 134 valence electrons. The van der Waals surface area contributed by atoms with Crippen molar-refractivity contribution in [1.29, 1.82) is 5.26 Å². The number of nitrogens with one attached hydrogen (secondary N) is 2. The van der Waals surface area contributed by atoms with Gasteiger partial charge in [-0.05, 0) is 6.07 Å². The molecule has 1 aromatic heterocycles. The third-order valence-electron chi connectivity index (χ3n) is 3.92. The molecule has 9 heteroatoms. The number of nitrogens with zero attached hydrogens (tertiary/aromatic N) is 5. The van der Waals surface area contributed by atoms with Gasteiger partial charge in [0.15, 0.2) is 0 Å². The molecule has 0 radical (unpaired) electrons.